The molecule has 3 aliphatic rings. The van der Waals surface area contributed by atoms with Crippen LogP contribution in [0.15, 0.2) is 55.1 Å². The van der Waals surface area contributed by atoms with Crippen molar-refractivity contribution in [3.05, 3.63) is 55.1 Å². The summed E-state index contributed by atoms with van der Waals surface area (Å²) < 4.78 is 12.0. The highest BCUT2D eigenvalue weighted by Crippen LogP contribution is 2.61. The summed E-state index contributed by atoms with van der Waals surface area (Å²) in [6.07, 6.45) is 2.15. The average molecular weight is 614 g/mol. The van der Waals surface area contributed by atoms with Crippen LogP contribution in [0.5, 0.6) is 0 Å². The number of esters is 1. The number of fused-ring (bicyclic) bond motifs is 2. The van der Waals surface area contributed by atoms with E-state index < -0.39 is 41.6 Å². The second-order valence-corrected chi connectivity index (χ2v) is 12.2. The quantitative estimate of drug-likeness (QED) is 0.247. The summed E-state index contributed by atoms with van der Waals surface area (Å²) in [4.78, 5) is 45.3. The zero-order valence-electron chi connectivity index (χ0n) is 23.2. The fourth-order valence-corrected chi connectivity index (χ4v) is 7.91. The van der Waals surface area contributed by atoms with Gasteiger partial charge in [0.25, 0.3) is 5.91 Å². The third-order valence-electron chi connectivity index (χ3n) is 8.99. The molecule has 9 heteroatoms. The monoisotopic (exact) mass is 612 g/mol. The standard InChI is InChI=1S/C31H37BrN2O6/c1-5-14-33(21-13-12-19-10-8-9-11-20(19)15-21)29(37)27-31-16-22(32)26(40-31)24(30(38)39-7-3)25(31)28(36)34(27)23(17-35)18(4)6-2/h5,8-13,15,18,22-27,35H,1,6-7,14,16-17H2,2-4H3/t18-,22?,23-,24-,25+,26-,27-,31+/m0/s1. The first-order chi connectivity index (χ1) is 19.2. The summed E-state index contributed by atoms with van der Waals surface area (Å²) in [5, 5.41) is 12.6. The zero-order chi connectivity index (χ0) is 28.8. The van der Waals surface area contributed by atoms with Crippen LogP contribution in [0.4, 0.5) is 5.69 Å². The van der Waals surface area contributed by atoms with Crippen molar-refractivity contribution in [2.45, 2.75) is 62.2 Å². The van der Waals surface area contributed by atoms with Crippen molar-refractivity contribution in [1.82, 2.24) is 4.90 Å². The van der Waals surface area contributed by atoms with Crippen molar-refractivity contribution in [2.75, 3.05) is 24.7 Å². The summed E-state index contributed by atoms with van der Waals surface area (Å²) >= 11 is 3.69. The average Bonchev–Trinajstić information content (AvgIpc) is 3.55. The van der Waals surface area contributed by atoms with Gasteiger partial charge < -0.3 is 24.4 Å². The predicted molar refractivity (Wildman–Crippen MR) is 156 cm³/mol. The first kappa shape index (κ1) is 28.8. The van der Waals surface area contributed by atoms with Gasteiger partial charge in [0.15, 0.2) is 0 Å². The Morgan fingerprint density at radius 2 is 2.00 bits per heavy atom. The van der Waals surface area contributed by atoms with Crippen LogP contribution in [0.1, 0.15) is 33.6 Å². The highest BCUT2D eigenvalue weighted by molar-refractivity contribution is 9.09. The number of rotatable bonds is 10. The number of halogens is 1. The lowest BCUT2D eigenvalue weighted by molar-refractivity contribution is -0.155. The Labute approximate surface area is 243 Å². The molecule has 8 atom stereocenters. The molecule has 0 radical (unpaired) electrons. The van der Waals surface area contributed by atoms with Crippen LogP contribution in [0, 0.1) is 17.8 Å². The van der Waals surface area contributed by atoms with Crippen LogP contribution in [0.3, 0.4) is 0 Å². The Bertz CT molecular complexity index is 1320. The summed E-state index contributed by atoms with van der Waals surface area (Å²) in [7, 11) is 0. The van der Waals surface area contributed by atoms with Crippen LogP contribution in [-0.4, -0.2) is 76.2 Å². The molecule has 3 fully saturated rings. The van der Waals surface area contributed by atoms with Gasteiger partial charge in [-0.1, -0.05) is 72.6 Å². The summed E-state index contributed by atoms with van der Waals surface area (Å²) in [6, 6.07) is 12.1. The maximum absolute atomic E-state index is 14.8. The number of aliphatic hydroxyl groups is 1. The molecule has 1 N–H and O–H groups in total. The number of aliphatic hydroxyl groups excluding tert-OH is 1. The molecule has 3 aliphatic heterocycles. The molecule has 3 heterocycles. The number of hydrogen-bond acceptors (Lipinski definition) is 6. The molecule has 2 bridgehead atoms. The lowest BCUT2D eigenvalue weighted by Gasteiger charge is -2.41. The van der Waals surface area contributed by atoms with Crippen LogP contribution >= 0.6 is 15.9 Å². The number of anilines is 1. The summed E-state index contributed by atoms with van der Waals surface area (Å²) in [5.74, 6) is -2.96. The molecule has 40 heavy (non-hydrogen) atoms. The van der Waals surface area contributed by atoms with E-state index in [1.54, 1.807) is 17.9 Å². The van der Waals surface area contributed by atoms with Gasteiger partial charge in [-0.25, -0.2) is 0 Å². The zero-order valence-corrected chi connectivity index (χ0v) is 24.7. The van der Waals surface area contributed by atoms with E-state index in [9.17, 15) is 19.5 Å². The Balaban J connectivity index is 1.64. The van der Waals surface area contributed by atoms with Crippen LogP contribution in [0.25, 0.3) is 10.8 Å². The molecular formula is C31H37BrN2O6. The Morgan fingerprint density at radius 1 is 1.27 bits per heavy atom. The number of ether oxygens (including phenoxy) is 2. The van der Waals surface area contributed by atoms with E-state index in [1.807, 2.05) is 56.3 Å². The van der Waals surface area contributed by atoms with E-state index >= 15 is 0 Å². The number of carbonyl (C=O) groups excluding carboxylic acids is 3. The molecule has 2 aromatic rings. The molecular weight excluding hydrogens is 576 g/mol. The lowest BCUT2D eigenvalue weighted by atomic mass is 9.70. The van der Waals surface area contributed by atoms with E-state index in [0.717, 1.165) is 10.8 Å². The minimum absolute atomic E-state index is 0.0917. The molecule has 5 rings (SSSR count). The molecule has 3 saturated heterocycles. The van der Waals surface area contributed by atoms with Gasteiger partial charge in [-0.3, -0.25) is 14.4 Å². The van der Waals surface area contributed by atoms with E-state index in [4.69, 9.17) is 9.47 Å². The van der Waals surface area contributed by atoms with E-state index in [-0.39, 0.29) is 42.3 Å². The van der Waals surface area contributed by atoms with Crippen molar-refractivity contribution in [1.29, 1.82) is 0 Å². The first-order valence-corrected chi connectivity index (χ1v) is 15.0. The van der Waals surface area contributed by atoms with Crippen molar-refractivity contribution in [3.8, 4) is 0 Å². The lowest BCUT2D eigenvalue weighted by Crippen LogP contribution is -2.60. The number of benzene rings is 2. The van der Waals surface area contributed by atoms with E-state index in [2.05, 4.69) is 22.5 Å². The molecule has 2 amide bonds. The van der Waals surface area contributed by atoms with Crippen molar-refractivity contribution in [2.24, 2.45) is 17.8 Å². The van der Waals surface area contributed by atoms with Gasteiger partial charge in [-0.05, 0) is 42.2 Å². The van der Waals surface area contributed by atoms with Gasteiger partial charge in [-0.2, -0.15) is 0 Å². The van der Waals surface area contributed by atoms with Gasteiger partial charge in [0.05, 0.1) is 37.2 Å². The molecule has 0 saturated carbocycles. The van der Waals surface area contributed by atoms with Crippen molar-refractivity contribution < 1.29 is 29.0 Å². The number of nitrogens with zero attached hydrogens (tertiary/aromatic N) is 2. The Hall–Kier alpha value is -2.75. The van der Waals surface area contributed by atoms with Gasteiger partial charge in [0.2, 0.25) is 5.91 Å². The molecule has 0 aliphatic carbocycles. The van der Waals surface area contributed by atoms with Gasteiger partial charge in [-0.15, -0.1) is 6.58 Å². The predicted octanol–water partition coefficient (Wildman–Crippen LogP) is 4.08. The largest absolute Gasteiger partial charge is 0.466 e. The number of amides is 2. The second-order valence-electron chi connectivity index (χ2n) is 11.1. The number of likely N-dealkylation sites (tertiary alicyclic amines) is 1. The maximum atomic E-state index is 14.8. The minimum atomic E-state index is -1.23. The SMILES string of the molecule is C=CCN(C(=O)[C@@H]1N([C@@H](CO)[C@@H](C)CC)C(=O)[C@H]2[C@H](C(=O)OCC)[C@H]3O[C@@]12CC3Br)c1ccc2ccccc2c1. The molecule has 1 spiro atoms. The third-order valence-corrected chi connectivity index (χ3v) is 9.83. The maximum Gasteiger partial charge on any atom is 0.312 e. The Morgan fingerprint density at radius 3 is 2.65 bits per heavy atom. The fraction of sp³-hybridized carbons (Fsp3) is 0.516. The van der Waals surface area contributed by atoms with E-state index in [0.29, 0.717) is 18.5 Å². The van der Waals surface area contributed by atoms with Crippen molar-refractivity contribution in [3.63, 3.8) is 0 Å². The van der Waals surface area contributed by atoms with Crippen LogP contribution in [0.2, 0.25) is 0 Å². The molecule has 8 nitrogen and oxygen atoms in total. The van der Waals surface area contributed by atoms with E-state index in [1.165, 1.54) is 4.90 Å². The number of alkyl halides is 1. The third kappa shape index (κ3) is 4.37. The fourth-order valence-electron chi connectivity index (χ4n) is 6.97. The van der Waals surface area contributed by atoms with Crippen molar-refractivity contribution >= 4 is 50.2 Å². The minimum Gasteiger partial charge on any atom is -0.466 e. The second kappa shape index (κ2) is 11.3. The molecule has 2 aromatic carbocycles. The summed E-state index contributed by atoms with van der Waals surface area (Å²) in [6.45, 7) is 9.64. The number of carbonyl (C=O) groups is 3. The van der Waals surface area contributed by atoms with Gasteiger partial charge in [0.1, 0.15) is 11.6 Å². The number of hydrogen-bond donors (Lipinski definition) is 1. The first-order valence-electron chi connectivity index (χ1n) is 14.1. The molecule has 0 aromatic heterocycles. The summed E-state index contributed by atoms with van der Waals surface area (Å²) in [5.41, 5.74) is -0.563. The highest BCUT2D eigenvalue weighted by atomic mass is 79.9. The molecule has 214 valence electrons. The molecule has 1 unspecified atom stereocenters. The van der Waals surface area contributed by atoms with Crippen LogP contribution in [-0.2, 0) is 23.9 Å². The van der Waals surface area contributed by atoms with Gasteiger partial charge >= 0.3 is 5.97 Å². The normalized spacial score (nSPS) is 30.3. The smallest absolute Gasteiger partial charge is 0.312 e. The topological polar surface area (TPSA) is 96.4 Å². The van der Waals surface area contributed by atoms with Crippen LogP contribution < -0.4 is 4.90 Å². The van der Waals surface area contributed by atoms with Gasteiger partial charge in [0, 0.05) is 17.1 Å². The highest BCUT2D eigenvalue weighted by Gasteiger charge is 2.77. The Kier molecular flexibility index (Phi) is 8.10.